The number of carbonyl (C=O) groups excluding carboxylic acids is 2. The molecular formula is C21H18N2O5. The summed E-state index contributed by atoms with van der Waals surface area (Å²) < 4.78 is 10.5. The Balaban J connectivity index is 1.68. The van der Waals surface area contributed by atoms with E-state index >= 15 is 0 Å². The number of ether oxygens (including phenoxy) is 2. The third kappa shape index (κ3) is 4.64. The summed E-state index contributed by atoms with van der Waals surface area (Å²) in [4.78, 5) is 29.9. The molecule has 0 aliphatic carbocycles. The summed E-state index contributed by atoms with van der Waals surface area (Å²) in [5.41, 5.74) is 1.27. The summed E-state index contributed by atoms with van der Waals surface area (Å²) in [7, 11) is 1.57. The van der Waals surface area contributed by atoms with E-state index in [1.165, 1.54) is 23.1 Å². The maximum Gasteiger partial charge on any atom is 0.419 e. The molecule has 0 radical (unpaired) electrons. The van der Waals surface area contributed by atoms with Crippen LogP contribution in [0.3, 0.4) is 0 Å². The van der Waals surface area contributed by atoms with Crippen LogP contribution in [0.5, 0.6) is 11.5 Å². The summed E-state index contributed by atoms with van der Waals surface area (Å²) in [5.74, 6) is -0.901. The molecular weight excluding hydrogens is 360 g/mol. The van der Waals surface area contributed by atoms with Gasteiger partial charge in [-0.2, -0.15) is 0 Å². The molecule has 3 rings (SSSR count). The zero-order chi connectivity index (χ0) is 19.9. The van der Waals surface area contributed by atoms with Crippen molar-refractivity contribution in [3.63, 3.8) is 0 Å². The highest BCUT2D eigenvalue weighted by Gasteiger charge is 2.18. The largest absolute Gasteiger partial charge is 0.507 e. The molecule has 0 spiro atoms. The number of anilines is 1. The fourth-order valence-corrected chi connectivity index (χ4v) is 2.38. The Hall–Kier alpha value is -3.87. The van der Waals surface area contributed by atoms with E-state index in [0.717, 1.165) is 0 Å². The second-order valence-electron chi connectivity index (χ2n) is 5.88. The number of para-hydroxylation sites is 1. The van der Waals surface area contributed by atoms with Crippen LogP contribution in [0.4, 0.5) is 10.5 Å². The lowest BCUT2D eigenvalue weighted by molar-refractivity contribution is 0.0468. The Bertz CT molecular complexity index is 961. The highest BCUT2D eigenvalue weighted by molar-refractivity contribution is 5.93. The lowest BCUT2D eigenvalue weighted by Gasteiger charge is -2.17. The molecule has 28 heavy (non-hydrogen) atoms. The van der Waals surface area contributed by atoms with Gasteiger partial charge < -0.3 is 14.6 Å². The van der Waals surface area contributed by atoms with Crippen LogP contribution in [0.15, 0.2) is 73.1 Å². The van der Waals surface area contributed by atoms with E-state index in [-0.39, 0.29) is 23.7 Å². The lowest BCUT2D eigenvalue weighted by Crippen LogP contribution is -2.29. The third-order valence-electron chi connectivity index (χ3n) is 3.90. The van der Waals surface area contributed by atoms with Crippen LogP contribution >= 0.6 is 0 Å². The normalized spacial score (nSPS) is 10.2. The molecule has 1 amide bonds. The number of aromatic hydroxyl groups is 1. The van der Waals surface area contributed by atoms with Gasteiger partial charge in [0.05, 0.1) is 0 Å². The highest BCUT2D eigenvalue weighted by atomic mass is 16.6. The number of phenols is 1. The molecule has 1 aromatic heterocycles. The first kappa shape index (κ1) is 18.9. The van der Waals surface area contributed by atoms with E-state index in [1.807, 2.05) is 6.07 Å². The van der Waals surface area contributed by atoms with Gasteiger partial charge in [0, 0.05) is 30.7 Å². The average molecular weight is 378 g/mol. The molecule has 0 atom stereocenters. The first-order valence-corrected chi connectivity index (χ1v) is 8.44. The average Bonchev–Trinajstić information content (AvgIpc) is 2.74. The van der Waals surface area contributed by atoms with E-state index in [9.17, 15) is 14.7 Å². The Morgan fingerprint density at radius 2 is 1.86 bits per heavy atom. The minimum absolute atomic E-state index is 0.00682. The number of nitrogens with zero attached hydrogens (tertiary/aromatic N) is 2. The van der Waals surface area contributed by atoms with Crippen LogP contribution in [0.2, 0.25) is 0 Å². The molecule has 2 aromatic carbocycles. The number of pyridine rings is 1. The topological polar surface area (TPSA) is 89.0 Å². The number of amides is 1. The van der Waals surface area contributed by atoms with E-state index in [0.29, 0.717) is 11.3 Å². The molecule has 7 nitrogen and oxygen atoms in total. The van der Waals surface area contributed by atoms with Crippen molar-refractivity contribution >= 4 is 17.7 Å². The number of esters is 1. The quantitative estimate of drug-likeness (QED) is 0.680. The van der Waals surface area contributed by atoms with Crippen molar-refractivity contribution < 1.29 is 24.2 Å². The molecule has 0 saturated heterocycles. The molecule has 0 unspecified atom stereocenters. The maximum absolute atomic E-state index is 12.3. The Kier molecular flexibility index (Phi) is 5.86. The molecule has 0 aliphatic rings. The molecule has 0 aliphatic heterocycles. The standard InChI is InChI=1S/C21H18N2O5/c1-23(16-7-3-2-4-8-16)21(26)28-17-9-10-19(24)18(12-17)20(25)27-14-15-6-5-11-22-13-15/h2-13,24H,14H2,1H3. The predicted molar refractivity (Wildman–Crippen MR) is 102 cm³/mol. The molecule has 7 heteroatoms. The van der Waals surface area contributed by atoms with Gasteiger partial charge in [-0.05, 0) is 36.4 Å². The molecule has 142 valence electrons. The van der Waals surface area contributed by atoms with E-state index in [1.54, 1.807) is 55.8 Å². The Morgan fingerprint density at radius 3 is 2.57 bits per heavy atom. The van der Waals surface area contributed by atoms with Crippen molar-refractivity contribution in [2.45, 2.75) is 6.61 Å². The van der Waals surface area contributed by atoms with Crippen molar-refractivity contribution in [2.75, 3.05) is 11.9 Å². The highest BCUT2D eigenvalue weighted by Crippen LogP contribution is 2.25. The summed E-state index contributed by atoms with van der Waals surface area (Å²) >= 11 is 0. The Labute approximate surface area is 161 Å². The summed E-state index contributed by atoms with van der Waals surface area (Å²) in [6.07, 6.45) is 2.55. The van der Waals surface area contributed by atoms with Gasteiger partial charge in [0.25, 0.3) is 0 Å². The van der Waals surface area contributed by atoms with Crippen molar-refractivity contribution in [1.82, 2.24) is 4.98 Å². The molecule has 0 fully saturated rings. The van der Waals surface area contributed by atoms with Gasteiger partial charge in [0.15, 0.2) is 0 Å². The van der Waals surface area contributed by atoms with Crippen LogP contribution < -0.4 is 9.64 Å². The maximum atomic E-state index is 12.3. The molecule has 0 saturated carbocycles. The van der Waals surface area contributed by atoms with Gasteiger partial charge in [0.2, 0.25) is 0 Å². The first-order valence-electron chi connectivity index (χ1n) is 8.44. The fourth-order valence-electron chi connectivity index (χ4n) is 2.38. The van der Waals surface area contributed by atoms with E-state index in [2.05, 4.69) is 4.98 Å². The van der Waals surface area contributed by atoms with Crippen LogP contribution in [0.25, 0.3) is 0 Å². The minimum Gasteiger partial charge on any atom is -0.507 e. The number of hydrogen-bond acceptors (Lipinski definition) is 6. The SMILES string of the molecule is CN(C(=O)Oc1ccc(O)c(C(=O)OCc2cccnc2)c1)c1ccccc1. The van der Waals surface area contributed by atoms with Gasteiger partial charge in [-0.3, -0.25) is 9.88 Å². The second kappa shape index (κ2) is 8.68. The van der Waals surface area contributed by atoms with Crippen LogP contribution in [0, 0.1) is 0 Å². The molecule has 1 N–H and O–H groups in total. The number of rotatable bonds is 5. The minimum atomic E-state index is -0.740. The molecule has 3 aromatic rings. The number of aromatic nitrogens is 1. The zero-order valence-corrected chi connectivity index (χ0v) is 15.1. The monoisotopic (exact) mass is 378 g/mol. The third-order valence-corrected chi connectivity index (χ3v) is 3.90. The van der Waals surface area contributed by atoms with Gasteiger partial charge in [-0.15, -0.1) is 0 Å². The Morgan fingerprint density at radius 1 is 1.07 bits per heavy atom. The number of benzene rings is 2. The van der Waals surface area contributed by atoms with Crippen molar-refractivity contribution in [1.29, 1.82) is 0 Å². The summed E-state index contributed by atoms with van der Waals surface area (Å²) in [5, 5.41) is 9.96. The van der Waals surface area contributed by atoms with E-state index < -0.39 is 12.1 Å². The van der Waals surface area contributed by atoms with E-state index in [4.69, 9.17) is 9.47 Å². The lowest BCUT2D eigenvalue weighted by atomic mass is 10.2. The number of phenolic OH excluding ortho intramolecular Hbond substituents is 1. The smallest absolute Gasteiger partial charge is 0.419 e. The molecule has 1 heterocycles. The molecule has 0 bridgehead atoms. The summed E-state index contributed by atoms with van der Waals surface area (Å²) in [6.45, 7) is 0.00682. The second-order valence-corrected chi connectivity index (χ2v) is 5.88. The van der Waals surface area contributed by atoms with Crippen LogP contribution in [-0.4, -0.2) is 29.2 Å². The van der Waals surface area contributed by atoms with Crippen molar-refractivity contribution in [2.24, 2.45) is 0 Å². The fraction of sp³-hybridized carbons (Fsp3) is 0.0952. The summed E-state index contributed by atoms with van der Waals surface area (Å²) in [6, 6.07) is 16.4. The van der Waals surface area contributed by atoms with Gasteiger partial charge in [-0.25, -0.2) is 9.59 Å². The van der Waals surface area contributed by atoms with Gasteiger partial charge in [0.1, 0.15) is 23.7 Å². The predicted octanol–water partition coefficient (Wildman–Crippen LogP) is 3.78. The van der Waals surface area contributed by atoms with Crippen molar-refractivity contribution in [3.8, 4) is 11.5 Å². The first-order chi connectivity index (χ1) is 13.5. The number of carbonyl (C=O) groups is 2. The van der Waals surface area contributed by atoms with Crippen molar-refractivity contribution in [3.05, 3.63) is 84.2 Å². The van der Waals surface area contributed by atoms with Crippen LogP contribution in [0.1, 0.15) is 15.9 Å². The number of hydrogen-bond donors (Lipinski definition) is 1. The van der Waals surface area contributed by atoms with Gasteiger partial charge in [-0.1, -0.05) is 24.3 Å². The van der Waals surface area contributed by atoms with Crippen LogP contribution in [-0.2, 0) is 11.3 Å². The zero-order valence-electron chi connectivity index (χ0n) is 15.1. The van der Waals surface area contributed by atoms with Gasteiger partial charge >= 0.3 is 12.1 Å².